The zero-order valence-corrected chi connectivity index (χ0v) is 13.5. The van der Waals surface area contributed by atoms with Crippen molar-refractivity contribution in [2.45, 2.75) is 57.1 Å². The average molecular weight is 290 g/mol. The molecule has 1 N–H and O–H groups in total. The monoisotopic (exact) mass is 290 g/mol. The van der Waals surface area contributed by atoms with E-state index in [1.54, 1.807) is 0 Å². The standard InChI is InChI=1S/C17H26N2S/c1-13-14(2)20-10-9-19(13)12-16-5-3-15(4-6-16)11-18-17-7-8-17/h3-6,13-14,17-18H,7-12H2,1-2H3. The van der Waals surface area contributed by atoms with E-state index in [1.165, 1.54) is 36.3 Å². The molecule has 1 aromatic rings. The number of thioether (sulfide) groups is 1. The van der Waals surface area contributed by atoms with Crippen LogP contribution in [0.3, 0.4) is 0 Å². The van der Waals surface area contributed by atoms with Crippen LogP contribution >= 0.6 is 11.8 Å². The number of hydrogen-bond acceptors (Lipinski definition) is 3. The third-order valence-corrected chi connectivity index (χ3v) is 5.93. The van der Waals surface area contributed by atoms with Crippen LogP contribution in [0.15, 0.2) is 24.3 Å². The molecule has 20 heavy (non-hydrogen) atoms. The molecule has 2 fully saturated rings. The molecule has 1 heterocycles. The van der Waals surface area contributed by atoms with Crippen LogP contribution in [-0.2, 0) is 13.1 Å². The maximum atomic E-state index is 3.57. The molecular formula is C17H26N2S. The molecule has 1 saturated carbocycles. The van der Waals surface area contributed by atoms with Crippen molar-refractivity contribution in [1.82, 2.24) is 10.2 Å². The lowest BCUT2D eigenvalue weighted by atomic mass is 10.1. The van der Waals surface area contributed by atoms with Crippen molar-refractivity contribution >= 4 is 11.8 Å². The van der Waals surface area contributed by atoms with Crippen molar-refractivity contribution in [1.29, 1.82) is 0 Å². The number of nitrogens with one attached hydrogen (secondary N) is 1. The molecular weight excluding hydrogens is 264 g/mol. The summed E-state index contributed by atoms with van der Waals surface area (Å²) in [5.74, 6) is 1.27. The van der Waals surface area contributed by atoms with E-state index in [1.807, 2.05) is 0 Å². The molecule has 1 aliphatic heterocycles. The first-order valence-corrected chi connectivity index (χ1v) is 8.94. The van der Waals surface area contributed by atoms with E-state index in [2.05, 4.69) is 60.1 Å². The molecule has 0 spiro atoms. The van der Waals surface area contributed by atoms with Gasteiger partial charge in [-0.05, 0) is 30.9 Å². The van der Waals surface area contributed by atoms with E-state index >= 15 is 0 Å². The molecule has 3 heteroatoms. The van der Waals surface area contributed by atoms with Gasteiger partial charge in [-0.2, -0.15) is 11.8 Å². The van der Waals surface area contributed by atoms with Crippen molar-refractivity contribution in [3.05, 3.63) is 35.4 Å². The minimum atomic E-state index is 0.685. The highest BCUT2D eigenvalue weighted by Gasteiger charge is 2.25. The summed E-state index contributed by atoms with van der Waals surface area (Å²) in [5.41, 5.74) is 2.86. The van der Waals surface area contributed by atoms with Crippen LogP contribution in [0.5, 0.6) is 0 Å². The predicted molar refractivity (Wildman–Crippen MR) is 88.1 cm³/mol. The Hall–Kier alpha value is -0.510. The van der Waals surface area contributed by atoms with Gasteiger partial charge in [0.25, 0.3) is 0 Å². The van der Waals surface area contributed by atoms with E-state index in [-0.39, 0.29) is 0 Å². The van der Waals surface area contributed by atoms with Crippen LogP contribution in [0.2, 0.25) is 0 Å². The maximum absolute atomic E-state index is 3.57. The van der Waals surface area contributed by atoms with Gasteiger partial charge in [-0.3, -0.25) is 4.90 Å². The van der Waals surface area contributed by atoms with Crippen molar-refractivity contribution in [3.8, 4) is 0 Å². The Bertz CT molecular complexity index is 427. The van der Waals surface area contributed by atoms with Gasteiger partial charge in [0.05, 0.1) is 0 Å². The van der Waals surface area contributed by atoms with Gasteiger partial charge < -0.3 is 5.32 Å². The third-order valence-electron chi connectivity index (χ3n) is 4.60. The normalized spacial score (nSPS) is 27.7. The Kier molecular flexibility index (Phi) is 4.69. The van der Waals surface area contributed by atoms with Gasteiger partial charge in [0, 0.05) is 42.7 Å². The Morgan fingerprint density at radius 3 is 2.55 bits per heavy atom. The SMILES string of the molecule is CC1SCCN(Cc2ccc(CNC3CC3)cc2)C1C. The van der Waals surface area contributed by atoms with E-state index in [0.29, 0.717) is 6.04 Å². The molecule has 2 atom stereocenters. The second kappa shape index (κ2) is 6.50. The molecule has 110 valence electrons. The van der Waals surface area contributed by atoms with Gasteiger partial charge in [0.1, 0.15) is 0 Å². The Morgan fingerprint density at radius 2 is 1.85 bits per heavy atom. The lowest BCUT2D eigenvalue weighted by Crippen LogP contribution is -2.43. The minimum Gasteiger partial charge on any atom is -0.310 e. The van der Waals surface area contributed by atoms with Crippen LogP contribution in [-0.4, -0.2) is 34.5 Å². The molecule has 1 saturated heterocycles. The molecule has 1 aliphatic carbocycles. The highest BCUT2D eigenvalue weighted by molar-refractivity contribution is 8.00. The fraction of sp³-hybridized carbons (Fsp3) is 0.647. The van der Waals surface area contributed by atoms with Crippen molar-refractivity contribution < 1.29 is 0 Å². The summed E-state index contributed by atoms with van der Waals surface area (Å²) in [4.78, 5) is 2.62. The Balaban J connectivity index is 1.53. The van der Waals surface area contributed by atoms with Crippen LogP contribution < -0.4 is 5.32 Å². The lowest BCUT2D eigenvalue weighted by Gasteiger charge is -2.37. The predicted octanol–water partition coefficient (Wildman–Crippen LogP) is 3.26. The molecule has 1 aromatic carbocycles. The van der Waals surface area contributed by atoms with Crippen LogP contribution in [0, 0.1) is 0 Å². The van der Waals surface area contributed by atoms with Gasteiger partial charge in [0.15, 0.2) is 0 Å². The fourth-order valence-electron chi connectivity index (χ4n) is 2.77. The summed E-state index contributed by atoms with van der Waals surface area (Å²) >= 11 is 2.11. The highest BCUT2D eigenvalue weighted by Crippen LogP contribution is 2.25. The molecule has 2 aliphatic rings. The molecule has 3 rings (SSSR count). The summed E-state index contributed by atoms with van der Waals surface area (Å²) in [6, 6.07) is 10.7. The van der Waals surface area contributed by atoms with Gasteiger partial charge >= 0.3 is 0 Å². The van der Waals surface area contributed by atoms with Gasteiger partial charge in [-0.1, -0.05) is 31.2 Å². The molecule has 0 radical (unpaired) electrons. The topological polar surface area (TPSA) is 15.3 Å². The fourth-order valence-corrected chi connectivity index (χ4v) is 3.93. The smallest absolute Gasteiger partial charge is 0.0237 e. The first-order chi connectivity index (χ1) is 9.72. The van der Waals surface area contributed by atoms with Gasteiger partial charge in [0.2, 0.25) is 0 Å². The van der Waals surface area contributed by atoms with Gasteiger partial charge in [-0.25, -0.2) is 0 Å². The van der Waals surface area contributed by atoms with E-state index in [4.69, 9.17) is 0 Å². The summed E-state index contributed by atoms with van der Waals surface area (Å²) < 4.78 is 0. The zero-order chi connectivity index (χ0) is 13.9. The van der Waals surface area contributed by atoms with Crippen LogP contribution in [0.4, 0.5) is 0 Å². The van der Waals surface area contributed by atoms with Crippen LogP contribution in [0.25, 0.3) is 0 Å². The lowest BCUT2D eigenvalue weighted by molar-refractivity contribution is 0.204. The molecule has 2 nitrogen and oxygen atoms in total. The van der Waals surface area contributed by atoms with Crippen LogP contribution in [0.1, 0.15) is 37.8 Å². The molecule has 0 amide bonds. The minimum absolute atomic E-state index is 0.685. The molecule has 0 aromatic heterocycles. The third kappa shape index (κ3) is 3.78. The summed E-state index contributed by atoms with van der Waals surface area (Å²) in [5, 5.41) is 4.33. The molecule has 0 bridgehead atoms. The van der Waals surface area contributed by atoms with E-state index in [9.17, 15) is 0 Å². The van der Waals surface area contributed by atoms with E-state index in [0.717, 1.165) is 24.4 Å². The van der Waals surface area contributed by atoms with Crippen molar-refractivity contribution in [3.63, 3.8) is 0 Å². The quantitative estimate of drug-likeness (QED) is 0.896. The maximum Gasteiger partial charge on any atom is 0.0237 e. The van der Waals surface area contributed by atoms with Gasteiger partial charge in [-0.15, -0.1) is 0 Å². The first-order valence-electron chi connectivity index (χ1n) is 7.89. The second-order valence-electron chi connectivity index (χ2n) is 6.26. The van der Waals surface area contributed by atoms with E-state index < -0.39 is 0 Å². The summed E-state index contributed by atoms with van der Waals surface area (Å²) in [6.07, 6.45) is 2.72. The highest BCUT2D eigenvalue weighted by atomic mass is 32.2. The molecule has 2 unspecified atom stereocenters. The zero-order valence-electron chi connectivity index (χ0n) is 12.6. The summed E-state index contributed by atoms with van der Waals surface area (Å²) in [7, 11) is 0. The van der Waals surface area contributed by atoms with Crippen molar-refractivity contribution in [2.75, 3.05) is 12.3 Å². The Morgan fingerprint density at radius 1 is 1.15 bits per heavy atom. The number of benzene rings is 1. The summed E-state index contributed by atoms with van der Waals surface area (Å²) in [6.45, 7) is 8.07. The number of hydrogen-bond donors (Lipinski definition) is 1. The second-order valence-corrected chi connectivity index (χ2v) is 7.74. The average Bonchev–Trinajstić information content (AvgIpc) is 3.27. The Labute approximate surface area is 127 Å². The number of rotatable bonds is 5. The van der Waals surface area contributed by atoms with Crippen molar-refractivity contribution in [2.24, 2.45) is 0 Å². The largest absolute Gasteiger partial charge is 0.310 e. The first kappa shape index (κ1) is 14.4. The number of nitrogens with zero attached hydrogens (tertiary/aromatic N) is 1.